The third-order valence-electron chi connectivity index (χ3n) is 0.850. The minimum absolute atomic E-state index is 0.896. The van der Waals surface area contributed by atoms with Crippen LogP contribution in [0.3, 0.4) is 0 Å². The Bertz CT molecular complexity index is 170. The molecule has 1 rings (SSSR count). The molecule has 0 spiro atoms. The molecular formula is C5H4S3-2. The van der Waals surface area contributed by atoms with E-state index in [9.17, 15) is 0 Å². The standard InChI is InChI=1S/C5H6S3/c1-3-2-4(6)8-5(3)7/h2,6-7H,1H3/p-2. The average molecular weight is 160 g/mol. The fraction of sp³-hybridized carbons (Fsp3) is 0.200. The van der Waals surface area contributed by atoms with E-state index in [-0.39, 0.29) is 0 Å². The number of rotatable bonds is 0. The molecule has 0 aromatic carbocycles. The summed E-state index contributed by atoms with van der Waals surface area (Å²) < 4.78 is 1.82. The zero-order valence-electron chi connectivity index (χ0n) is 4.30. The van der Waals surface area contributed by atoms with Crippen molar-refractivity contribution in [3.63, 3.8) is 0 Å². The first-order valence-corrected chi connectivity index (χ1v) is 3.78. The molecule has 1 aromatic rings. The molecule has 3 heteroatoms. The second-order valence-electron chi connectivity index (χ2n) is 1.54. The number of hydrogen-bond acceptors (Lipinski definition) is 3. The van der Waals surface area contributed by atoms with Crippen LogP contribution in [0.5, 0.6) is 0 Å². The average Bonchev–Trinajstić information content (AvgIpc) is 1.85. The summed E-state index contributed by atoms with van der Waals surface area (Å²) in [5, 5.41) is 0. The van der Waals surface area contributed by atoms with Gasteiger partial charge in [0.15, 0.2) is 0 Å². The molecule has 0 aliphatic carbocycles. The zero-order valence-corrected chi connectivity index (χ0v) is 6.75. The summed E-state index contributed by atoms with van der Waals surface area (Å²) in [5.41, 5.74) is 1.13. The highest BCUT2D eigenvalue weighted by Gasteiger charge is 1.82. The van der Waals surface area contributed by atoms with E-state index in [0.29, 0.717) is 0 Å². The normalized spacial score (nSPS) is 9.62. The summed E-state index contributed by atoms with van der Waals surface area (Å²) in [4.78, 5) is 0. The van der Waals surface area contributed by atoms with Crippen LogP contribution in [0.4, 0.5) is 0 Å². The van der Waals surface area contributed by atoms with Crippen LogP contribution in [0.25, 0.3) is 0 Å². The van der Waals surface area contributed by atoms with Crippen LogP contribution in [-0.2, 0) is 25.3 Å². The van der Waals surface area contributed by atoms with Crippen molar-refractivity contribution < 1.29 is 0 Å². The van der Waals surface area contributed by atoms with Gasteiger partial charge >= 0.3 is 0 Å². The van der Waals surface area contributed by atoms with E-state index in [1.54, 1.807) is 0 Å². The van der Waals surface area contributed by atoms with E-state index < -0.39 is 0 Å². The Morgan fingerprint density at radius 2 is 2.12 bits per heavy atom. The molecule has 8 heavy (non-hydrogen) atoms. The lowest BCUT2D eigenvalue weighted by molar-refractivity contribution is 1.42. The fourth-order valence-corrected chi connectivity index (χ4v) is 1.99. The maximum absolute atomic E-state index is 4.93. The van der Waals surface area contributed by atoms with Gasteiger partial charge in [-0.1, -0.05) is 11.6 Å². The molecule has 0 atom stereocenters. The molecule has 1 aromatic heterocycles. The van der Waals surface area contributed by atoms with Gasteiger partial charge in [-0.25, -0.2) is 0 Å². The third-order valence-corrected chi connectivity index (χ3v) is 2.62. The molecule has 0 saturated carbocycles. The summed E-state index contributed by atoms with van der Waals surface area (Å²) in [7, 11) is 0. The van der Waals surface area contributed by atoms with Crippen LogP contribution < -0.4 is 0 Å². The fourth-order valence-electron chi connectivity index (χ4n) is 0.437. The lowest BCUT2D eigenvalue weighted by Crippen LogP contribution is -1.61. The summed E-state index contributed by atoms with van der Waals surface area (Å²) in [6, 6.07) is 1.93. The maximum Gasteiger partial charge on any atom is -0.0408 e. The highest BCUT2D eigenvalue weighted by molar-refractivity contribution is 7.66. The van der Waals surface area contributed by atoms with Gasteiger partial charge in [0, 0.05) is 0 Å². The molecule has 0 N–H and O–H groups in total. The Labute approximate surface area is 63.7 Å². The Kier molecular flexibility index (Phi) is 1.70. The van der Waals surface area contributed by atoms with Gasteiger partial charge in [0.05, 0.1) is 0 Å². The quantitative estimate of drug-likeness (QED) is 0.531. The number of hydrogen-bond donors (Lipinski definition) is 0. The lowest BCUT2D eigenvalue weighted by atomic mass is 10.4. The van der Waals surface area contributed by atoms with Crippen molar-refractivity contribution in [1.82, 2.24) is 0 Å². The summed E-state index contributed by atoms with van der Waals surface area (Å²) in [6.45, 7) is 1.98. The summed E-state index contributed by atoms with van der Waals surface area (Å²) >= 11 is 11.3. The molecule has 1 heterocycles. The molecule has 44 valence electrons. The molecule has 0 aliphatic heterocycles. The van der Waals surface area contributed by atoms with Crippen LogP contribution in [0.2, 0.25) is 0 Å². The van der Waals surface area contributed by atoms with Crippen molar-refractivity contribution in [2.45, 2.75) is 15.3 Å². The lowest BCUT2D eigenvalue weighted by Gasteiger charge is -1.94. The van der Waals surface area contributed by atoms with Crippen LogP contribution in [0.15, 0.2) is 14.5 Å². The van der Waals surface area contributed by atoms with Gasteiger partial charge in [-0.15, -0.1) is 8.42 Å². The van der Waals surface area contributed by atoms with Gasteiger partial charge in [0.25, 0.3) is 0 Å². The topological polar surface area (TPSA) is 0 Å². The van der Waals surface area contributed by atoms with Crippen molar-refractivity contribution in [2.24, 2.45) is 0 Å². The second kappa shape index (κ2) is 2.17. The van der Waals surface area contributed by atoms with Crippen molar-refractivity contribution in [3.8, 4) is 0 Å². The van der Waals surface area contributed by atoms with Gasteiger partial charge < -0.3 is 36.6 Å². The Balaban J connectivity index is 3.14. The molecule has 0 fully saturated rings. The zero-order chi connectivity index (χ0) is 6.15. The SMILES string of the molecule is Cc1cc([S-])sc1[S-]. The van der Waals surface area contributed by atoms with Crippen LogP contribution >= 0.6 is 11.3 Å². The first-order valence-electron chi connectivity index (χ1n) is 2.14. The molecule has 0 amide bonds. The summed E-state index contributed by atoms with van der Waals surface area (Å²) in [5.74, 6) is 0. The van der Waals surface area contributed by atoms with Crippen LogP contribution in [-0.4, -0.2) is 0 Å². The minimum Gasteiger partial charge on any atom is -0.428 e. The number of thiophene rings is 1. The Hall–Kier alpha value is 0.140. The van der Waals surface area contributed by atoms with E-state index in [4.69, 9.17) is 25.3 Å². The van der Waals surface area contributed by atoms with Crippen LogP contribution in [0.1, 0.15) is 5.56 Å². The molecule has 0 unspecified atom stereocenters. The van der Waals surface area contributed by atoms with Gasteiger partial charge in [-0.05, 0) is 6.92 Å². The van der Waals surface area contributed by atoms with Gasteiger partial charge in [0.2, 0.25) is 0 Å². The second-order valence-corrected chi connectivity index (χ2v) is 3.95. The van der Waals surface area contributed by atoms with Crippen molar-refractivity contribution in [3.05, 3.63) is 11.6 Å². The smallest absolute Gasteiger partial charge is 0.0408 e. The molecule has 0 aliphatic rings. The molecule has 0 radical (unpaired) electrons. The monoisotopic (exact) mass is 160 g/mol. The van der Waals surface area contributed by atoms with Crippen molar-refractivity contribution in [2.75, 3.05) is 0 Å². The molecular weight excluding hydrogens is 156 g/mol. The van der Waals surface area contributed by atoms with Crippen molar-refractivity contribution in [1.29, 1.82) is 0 Å². The minimum atomic E-state index is 0.896. The number of aryl methyl sites for hydroxylation is 1. The van der Waals surface area contributed by atoms with E-state index >= 15 is 0 Å². The van der Waals surface area contributed by atoms with Gasteiger partial charge in [-0.2, -0.15) is 0 Å². The molecule has 0 saturated heterocycles. The Morgan fingerprint density at radius 1 is 1.50 bits per heavy atom. The first-order chi connectivity index (χ1) is 3.70. The van der Waals surface area contributed by atoms with E-state index in [2.05, 4.69) is 0 Å². The molecule has 0 bridgehead atoms. The van der Waals surface area contributed by atoms with Gasteiger partial charge in [0.1, 0.15) is 0 Å². The predicted molar refractivity (Wildman–Crippen MR) is 40.3 cm³/mol. The highest BCUT2D eigenvalue weighted by atomic mass is 32.2. The van der Waals surface area contributed by atoms with E-state index in [1.165, 1.54) is 11.3 Å². The third kappa shape index (κ3) is 1.10. The Morgan fingerprint density at radius 3 is 2.25 bits per heavy atom. The highest BCUT2D eigenvalue weighted by Crippen LogP contribution is 2.19. The van der Waals surface area contributed by atoms with Crippen molar-refractivity contribution >= 4 is 36.6 Å². The van der Waals surface area contributed by atoms with Gasteiger partial charge in [-0.3, -0.25) is 0 Å². The largest absolute Gasteiger partial charge is 0.428 e. The van der Waals surface area contributed by atoms with Crippen LogP contribution in [0, 0.1) is 6.92 Å². The van der Waals surface area contributed by atoms with E-state index in [0.717, 1.165) is 14.0 Å². The van der Waals surface area contributed by atoms with E-state index in [1.807, 2.05) is 13.0 Å². The first kappa shape index (κ1) is 6.26. The summed E-state index contributed by atoms with van der Waals surface area (Å²) in [6.07, 6.45) is 0. The maximum atomic E-state index is 4.93. The predicted octanol–water partition coefficient (Wildman–Crippen LogP) is 1.87. The molecule has 0 nitrogen and oxygen atoms in total.